The van der Waals surface area contributed by atoms with Gasteiger partial charge in [-0.05, 0) is 6.42 Å². The van der Waals surface area contributed by atoms with Crippen molar-refractivity contribution in [2.75, 3.05) is 11.9 Å². The van der Waals surface area contributed by atoms with E-state index >= 15 is 0 Å². The summed E-state index contributed by atoms with van der Waals surface area (Å²) >= 11 is 1.42. The SMILES string of the molecule is CCc1csc(N(C)C(N)=O)n1. The van der Waals surface area contributed by atoms with Crippen molar-refractivity contribution in [1.29, 1.82) is 0 Å². The van der Waals surface area contributed by atoms with E-state index in [0.717, 1.165) is 12.1 Å². The van der Waals surface area contributed by atoms with Crippen molar-refractivity contribution in [3.8, 4) is 0 Å². The highest BCUT2D eigenvalue weighted by molar-refractivity contribution is 7.14. The van der Waals surface area contributed by atoms with Crippen LogP contribution in [0.5, 0.6) is 0 Å². The molecule has 0 atom stereocenters. The Morgan fingerprint density at radius 3 is 2.92 bits per heavy atom. The van der Waals surface area contributed by atoms with Crippen LogP contribution in [0, 0.1) is 0 Å². The Bertz CT molecular complexity index is 284. The number of amides is 2. The summed E-state index contributed by atoms with van der Waals surface area (Å²) in [4.78, 5) is 16.2. The molecule has 0 bridgehead atoms. The second kappa shape index (κ2) is 3.53. The van der Waals surface area contributed by atoms with E-state index in [-0.39, 0.29) is 0 Å². The number of primary amides is 1. The normalized spacial score (nSPS) is 9.83. The van der Waals surface area contributed by atoms with E-state index in [1.165, 1.54) is 16.2 Å². The van der Waals surface area contributed by atoms with Crippen molar-refractivity contribution in [2.45, 2.75) is 13.3 Å². The van der Waals surface area contributed by atoms with Gasteiger partial charge >= 0.3 is 6.03 Å². The molecule has 1 heterocycles. The number of anilines is 1. The Balaban J connectivity index is 2.81. The van der Waals surface area contributed by atoms with Crippen molar-refractivity contribution in [3.05, 3.63) is 11.1 Å². The predicted octanol–water partition coefficient (Wildman–Crippen LogP) is 1.22. The van der Waals surface area contributed by atoms with E-state index in [1.54, 1.807) is 7.05 Å². The standard InChI is InChI=1S/C7H11N3OS/c1-3-5-4-12-7(9-5)10(2)6(8)11/h4H,3H2,1-2H3,(H2,8,11). The molecule has 2 amide bonds. The summed E-state index contributed by atoms with van der Waals surface area (Å²) < 4.78 is 0. The van der Waals surface area contributed by atoms with Gasteiger partial charge in [-0.3, -0.25) is 4.90 Å². The molecule has 1 aromatic heterocycles. The van der Waals surface area contributed by atoms with Gasteiger partial charge in [0.1, 0.15) is 0 Å². The molecule has 1 aromatic rings. The first-order valence-corrected chi connectivity index (χ1v) is 4.50. The summed E-state index contributed by atoms with van der Waals surface area (Å²) in [5.41, 5.74) is 6.06. The summed E-state index contributed by atoms with van der Waals surface area (Å²) in [5, 5.41) is 2.58. The molecule has 2 N–H and O–H groups in total. The van der Waals surface area contributed by atoms with Crippen molar-refractivity contribution in [1.82, 2.24) is 4.98 Å². The van der Waals surface area contributed by atoms with Gasteiger partial charge < -0.3 is 5.73 Å². The number of urea groups is 1. The molecule has 12 heavy (non-hydrogen) atoms. The van der Waals surface area contributed by atoms with Crippen LogP contribution in [0.3, 0.4) is 0 Å². The monoisotopic (exact) mass is 185 g/mol. The van der Waals surface area contributed by atoms with E-state index in [0.29, 0.717) is 5.13 Å². The molecule has 0 fully saturated rings. The Hall–Kier alpha value is -1.10. The second-order valence-corrected chi connectivity index (χ2v) is 3.21. The summed E-state index contributed by atoms with van der Waals surface area (Å²) in [6, 6.07) is -0.480. The third kappa shape index (κ3) is 1.73. The van der Waals surface area contributed by atoms with E-state index in [1.807, 2.05) is 12.3 Å². The zero-order valence-corrected chi connectivity index (χ0v) is 7.89. The van der Waals surface area contributed by atoms with Crippen LogP contribution in [0.15, 0.2) is 5.38 Å². The number of thiazole rings is 1. The fourth-order valence-electron chi connectivity index (χ4n) is 0.707. The first-order valence-electron chi connectivity index (χ1n) is 3.62. The predicted molar refractivity (Wildman–Crippen MR) is 49.5 cm³/mol. The Morgan fingerprint density at radius 1 is 1.83 bits per heavy atom. The lowest BCUT2D eigenvalue weighted by Gasteiger charge is -2.08. The smallest absolute Gasteiger partial charge is 0.320 e. The van der Waals surface area contributed by atoms with E-state index in [9.17, 15) is 4.79 Å². The zero-order chi connectivity index (χ0) is 9.14. The maximum Gasteiger partial charge on any atom is 0.320 e. The lowest BCUT2D eigenvalue weighted by atomic mass is 10.4. The van der Waals surface area contributed by atoms with Crippen molar-refractivity contribution in [2.24, 2.45) is 5.73 Å². The van der Waals surface area contributed by atoms with E-state index in [2.05, 4.69) is 4.98 Å². The van der Waals surface area contributed by atoms with Crippen LogP contribution in [-0.4, -0.2) is 18.1 Å². The van der Waals surface area contributed by atoms with Gasteiger partial charge in [0.2, 0.25) is 0 Å². The van der Waals surface area contributed by atoms with Crippen LogP contribution in [0.25, 0.3) is 0 Å². The summed E-state index contributed by atoms with van der Waals surface area (Å²) in [6.45, 7) is 2.02. The molecule has 0 saturated heterocycles. The maximum atomic E-state index is 10.7. The highest BCUT2D eigenvalue weighted by Crippen LogP contribution is 2.18. The minimum absolute atomic E-state index is 0.480. The van der Waals surface area contributed by atoms with Crippen molar-refractivity contribution < 1.29 is 4.79 Å². The first kappa shape index (κ1) is 8.99. The molecule has 1 rings (SSSR count). The van der Waals surface area contributed by atoms with Crippen LogP contribution in [-0.2, 0) is 6.42 Å². The number of nitrogens with zero attached hydrogens (tertiary/aromatic N) is 2. The molecule has 0 aromatic carbocycles. The largest absolute Gasteiger partial charge is 0.351 e. The number of carbonyl (C=O) groups excluding carboxylic acids is 1. The summed E-state index contributed by atoms with van der Waals surface area (Å²) in [5.74, 6) is 0. The molecule has 0 aliphatic carbocycles. The van der Waals surface area contributed by atoms with Crippen LogP contribution < -0.4 is 10.6 Å². The molecule has 0 saturated carbocycles. The van der Waals surface area contributed by atoms with Crippen LogP contribution in [0.4, 0.5) is 9.93 Å². The minimum Gasteiger partial charge on any atom is -0.351 e. The number of nitrogens with two attached hydrogens (primary N) is 1. The minimum atomic E-state index is -0.480. The number of aryl methyl sites for hydroxylation is 1. The lowest BCUT2D eigenvalue weighted by molar-refractivity contribution is 0.255. The van der Waals surface area contributed by atoms with Crippen molar-refractivity contribution >= 4 is 22.5 Å². The van der Waals surface area contributed by atoms with Gasteiger partial charge in [-0.1, -0.05) is 6.92 Å². The molecule has 4 nitrogen and oxygen atoms in total. The average molecular weight is 185 g/mol. The van der Waals surface area contributed by atoms with Crippen LogP contribution in [0.1, 0.15) is 12.6 Å². The Morgan fingerprint density at radius 2 is 2.50 bits per heavy atom. The molecule has 5 heteroatoms. The van der Waals surface area contributed by atoms with Crippen LogP contribution in [0.2, 0.25) is 0 Å². The van der Waals surface area contributed by atoms with Crippen LogP contribution >= 0.6 is 11.3 Å². The Kier molecular flexibility index (Phi) is 2.65. The van der Waals surface area contributed by atoms with Gasteiger partial charge in [-0.2, -0.15) is 0 Å². The number of aromatic nitrogens is 1. The number of carbonyl (C=O) groups is 1. The summed E-state index contributed by atoms with van der Waals surface area (Å²) in [7, 11) is 1.61. The van der Waals surface area contributed by atoms with Gasteiger partial charge in [0, 0.05) is 12.4 Å². The second-order valence-electron chi connectivity index (χ2n) is 2.37. The maximum absolute atomic E-state index is 10.7. The summed E-state index contributed by atoms with van der Waals surface area (Å²) in [6.07, 6.45) is 0.878. The number of hydrogen-bond donors (Lipinski definition) is 1. The molecule has 0 radical (unpaired) electrons. The molecule has 0 unspecified atom stereocenters. The highest BCUT2D eigenvalue weighted by atomic mass is 32.1. The van der Waals surface area contributed by atoms with E-state index in [4.69, 9.17) is 5.73 Å². The fourth-order valence-corrected chi connectivity index (χ4v) is 1.59. The van der Waals surface area contributed by atoms with Gasteiger partial charge in [-0.15, -0.1) is 11.3 Å². The quantitative estimate of drug-likeness (QED) is 0.753. The molecular weight excluding hydrogens is 174 g/mol. The van der Waals surface area contributed by atoms with Gasteiger partial charge in [0.15, 0.2) is 5.13 Å². The van der Waals surface area contributed by atoms with Gasteiger partial charge in [-0.25, -0.2) is 9.78 Å². The molecule has 0 aliphatic heterocycles. The average Bonchev–Trinajstić information content (AvgIpc) is 2.50. The molecule has 0 aliphatic rings. The number of hydrogen-bond acceptors (Lipinski definition) is 3. The zero-order valence-electron chi connectivity index (χ0n) is 7.07. The molecule has 66 valence electrons. The molecular formula is C7H11N3OS. The third-order valence-electron chi connectivity index (χ3n) is 1.52. The highest BCUT2D eigenvalue weighted by Gasteiger charge is 2.09. The van der Waals surface area contributed by atoms with Crippen molar-refractivity contribution in [3.63, 3.8) is 0 Å². The lowest BCUT2D eigenvalue weighted by Crippen LogP contribution is -2.31. The molecule has 0 spiro atoms. The third-order valence-corrected chi connectivity index (χ3v) is 2.49. The van der Waals surface area contributed by atoms with Gasteiger partial charge in [0.25, 0.3) is 0 Å². The van der Waals surface area contributed by atoms with Gasteiger partial charge in [0.05, 0.1) is 5.69 Å². The fraction of sp³-hybridized carbons (Fsp3) is 0.429. The van der Waals surface area contributed by atoms with E-state index < -0.39 is 6.03 Å². The number of rotatable bonds is 2. The first-order chi connectivity index (χ1) is 5.65. The Labute approximate surface area is 75.0 Å². The topological polar surface area (TPSA) is 59.2 Å².